The minimum Gasteiger partial charge on any atom is -0.378 e. The van der Waals surface area contributed by atoms with Crippen molar-refractivity contribution in [2.75, 3.05) is 37.4 Å². The molecule has 0 spiro atoms. The van der Waals surface area contributed by atoms with Gasteiger partial charge in [-0.2, -0.15) is 0 Å². The van der Waals surface area contributed by atoms with Crippen LogP contribution in [-0.2, 0) is 20.9 Å². The van der Waals surface area contributed by atoms with E-state index in [0.717, 1.165) is 0 Å². The van der Waals surface area contributed by atoms with Crippen molar-refractivity contribution in [3.63, 3.8) is 0 Å². The number of rotatable bonds is 6. The Balaban J connectivity index is 1.32. The highest BCUT2D eigenvalue weighted by Gasteiger charge is 2.18. The van der Waals surface area contributed by atoms with E-state index in [0.29, 0.717) is 46.7 Å². The fraction of sp³-hybridized carbons (Fsp3) is 0.333. The highest BCUT2D eigenvalue weighted by Crippen LogP contribution is 2.25. The van der Waals surface area contributed by atoms with Crippen LogP contribution in [0.1, 0.15) is 0 Å². The molecule has 1 saturated heterocycles. The van der Waals surface area contributed by atoms with Crippen LogP contribution in [0.4, 0.5) is 5.13 Å². The molecule has 1 aliphatic rings. The molecule has 0 aliphatic carbocycles. The lowest BCUT2D eigenvalue weighted by Crippen LogP contribution is -2.41. The third-order valence-electron chi connectivity index (χ3n) is 4.38. The molecular formula is C18H18N6O4S2. The summed E-state index contributed by atoms with van der Waals surface area (Å²) in [5.41, 5.74) is 0.294. The summed E-state index contributed by atoms with van der Waals surface area (Å²) in [6.45, 7) is 2.12. The zero-order valence-electron chi connectivity index (χ0n) is 15.8. The molecular weight excluding hydrogens is 428 g/mol. The fourth-order valence-corrected chi connectivity index (χ4v) is 4.55. The van der Waals surface area contributed by atoms with Crippen LogP contribution in [0.25, 0.3) is 10.9 Å². The summed E-state index contributed by atoms with van der Waals surface area (Å²) in [6.07, 6.45) is 1.35. The number of para-hydroxylation sites is 1. The third kappa shape index (κ3) is 4.83. The maximum atomic E-state index is 12.5. The number of ether oxygens (including phenoxy) is 1. The molecule has 2 amide bonds. The van der Waals surface area contributed by atoms with Gasteiger partial charge in [0.2, 0.25) is 16.9 Å². The van der Waals surface area contributed by atoms with Gasteiger partial charge in [-0.3, -0.25) is 24.3 Å². The SMILES string of the molecule is O=C(Cn1cnc2ccccc2c1=O)Nc1nnc(SCC(=O)N2CCOCC2)s1. The summed E-state index contributed by atoms with van der Waals surface area (Å²) in [7, 11) is 0. The third-order valence-corrected chi connectivity index (χ3v) is 6.34. The number of aromatic nitrogens is 4. The number of hydrogen-bond donors (Lipinski definition) is 1. The Labute approximate surface area is 179 Å². The first kappa shape index (κ1) is 20.4. The number of carbonyl (C=O) groups is 2. The molecule has 0 bridgehead atoms. The molecule has 1 aliphatic heterocycles. The van der Waals surface area contributed by atoms with Crippen LogP contribution in [0.3, 0.4) is 0 Å². The quantitative estimate of drug-likeness (QED) is 0.437. The number of morpholine rings is 1. The summed E-state index contributed by atoms with van der Waals surface area (Å²) >= 11 is 2.45. The van der Waals surface area contributed by atoms with Gasteiger partial charge in [0, 0.05) is 13.1 Å². The number of nitrogens with zero attached hydrogens (tertiary/aromatic N) is 5. The Kier molecular flexibility index (Phi) is 6.35. The van der Waals surface area contributed by atoms with Crippen molar-refractivity contribution in [2.24, 2.45) is 0 Å². The average molecular weight is 447 g/mol. The van der Waals surface area contributed by atoms with Gasteiger partial charge in [-0.05, 0) is 12.1 Å². The first-order valence-electron chi connectivity index (χ1n) is 9.16. The van der Waals surface area contributed by atoms with E-state index in [4.69, 9.17) is 4.74 Å². The molecule has 12 heteroatoms. The Morgan fingerprint density at radius 1 is 1.20 bits per heavy atom. The highest BCUT2D eigenvalue weighted by molar-refractivity contribution is 8.01. The second kappa shape index (κ2) is 9.32. The van der Waals surface area contributed by atoms with Gasteiger partial charge in [-0.15, -0.1) is 10.2 Å². The maximum absolute atomic E-state index is 12.5. The predicted molar refractivity (Wildman–Crippen MR) is 113 cm³/mol. The zero-order valence-corrected chi connectivity index (χ0v) is 17.4. The van der Waals surface area contributed by atoms with Crippen LogP contribution < -0.4 is 10.9 Å². The van der Waals surface area contributed by atoms with Crippen molar-refractivity contribution < 1.29 is 14.3 Å². The Morgan fingerprint density at radius 2 is 2.00 bits per heavy atom. The number of carbonyl (C=O) groups excluding carboxylic acids is 2. The number of fused-ring (bicyclic) bond motifs is 1. The molecule has 1 fully saturated rings. The van der Waals surface area contributed by atoms with E-state index in [9.17, 15) is 14.4 Å². The van der Waals surface area contributed by atoms with Gasteiger partial charge in [0.25, 0.3) is 5.56 Å². The van der Waals surface area contributed by atoms with Crippen LogP contribution in [0.2, 0.25) is 0 Å². The van der Waals surface area contributed by atoms with Crippen LogP contribution in [-0.4, -0.2) is 68.5 Å². The molecule has 3 aromatic rings. The number of anilines is 1. The standard InChI is InChI=1S/C18H18N6O4S2/c25-14(9-24-11-19-13-4-2-1-3-12(13)16(24)27)20-17-21-22-18(30-17)29-10-15(26)23-5-7-28-8-6-23/h1-4,11H,5-10H2,(H,20,21,25). The van der Waals surface area contributed by atoms with Crippen LogP contribution >= 0.6 is 23.1 Å². The van der Waals surface area contributed by atoms with Crippen molar-refractivity contribution in [1.82, 2.24) is 24.6 Å². The van der Waals surface area contributed by atoms with E-state index in [1.165, 1.54) is 34.0 Å². The minimum atomic E-state index is -0.411. The van der Waals surface area contributed by atoms with Gasteiger partial charge in [-0.25, -0.2) is 4.98 Å². The monoisotopic (exact) mass is 446 g/mol. The Bertz CT molecular complexity index is 1130. The Hall–Kier alpha value is -2.83. The van der Waals surface area contributed by atoms with E-state index in [2.05, 4.69) is 20.5 Å². The summed E-state index contributed by atoms with van der Waals surface area (Å²) < 4.78 is 7.06. The molecule has 1 aromatic carbocycles. The first-order chi connectivity index (χ1) is 14.6. The second-order valence-corrected chi connectivity index (χ2v) is 8.60. The van der Waals surface area contributed by atoms with E-state index >= 15 is 0 Å². The Morgan fingerprint density at radius 3 is 2.83 bits per heavy atom. The summed E-state index contributed by atoms with van der Waals surface area (Å²) in [5.74, 6) is -0.140. The van der Waals surface area contributed by atoms with Gasteiger partial charge in [-0.1, -0.05) is 35.2 Å². The topological polar surface area (TPSA) is 119 Å². The molecule has 30 heavy (non-hydrogen) atoms. The van der Waals surface area contributed by atoms with Crippen molar-refractivity contribution in [3.05, 3.63) is 40.9 Å². The van der Waals surface area contributed by atoms with Crippen molar-refractivity contribution in [3.8, 4) is 0 Å². The van der Waals surface area contributed by atoms with Crippen LogP contribution in [0.15, 0.2) is 39.7 Å². The molecule has 0 atom stereocenters. The maximum Gasteiger partial charge on any atom is 0.261 e. The fourth-order valence-electron chi connectivity index (χ4n) is 2.88. The van der Waals surface area contributed by atoms with Gasteiger partial charge in [0.1, 0.15) is 6.54 Å². The predicted octanol–water partition coefficient (Wildman–Crippen LogP) is 0.838. The molecule has 0 unspecified atom stereocenters. The number of hydrogen-bond acceptors (Lipinski definition) is 9. The average Bonchev–Trinajstić information content (AvgIpc) is 3.22. The molecule has 4 rings (SSSR count). The van der Waals surface area contributed by atoms with Crippen molar-refractivity contribution >= 4 is 50.9 Å². The molecule has 156 valence electrons. The van der Waals surface area contributed by atoms with Crippen LogP contribution in [0, 0.1) is 0 Å². The molecule has 0 saturated carbocycles. The first-order valence-corrected chi connectivity index (χ1v) is 11.0. The number of nitrogens with one attached hydrogen (secondary N) is 1. The van der Waals surface area contributed by atoms with Crippen molar-refractivity contribution in [1.29, 1.82) is 0 Å². The minimum absolute atomic E-state index is 0.0206. The molecule has 3 heterocycles. The zero-order chi connectivity index (χ0) is 20.9. The van der Waals surface area contributed by atoms with E-state index in [1.54, 1.807) is 29.2 Å². The number of thioether (sulfide) groups is 1. The van der Waals surface area contributed by atoms with Gasteiger partial charge in [0.05, 0.1) is 36.2 Å². The second-order valence-electron chi connectivity index (χ2n) is 6.40. The van der Waals surface area contributed by atoms with E-state index in [1.807, 2.05) is 0 Å². The summed E-state index contributed by atoms with van der Waals surface area (Å²) in [5, 5.41) is 11.3. The molecule has 2 aromatic heterocycles. The number of benzene rings is 1. The van der Waals surface area contributed by atoms with Gasteiger partial charge in [0.15, 0.2) is 4.34 Å². The summed E-state index contributed by atoms with van der Waals surface area (Å²) in [4.78, 5) is 42.9. The van der Waals surface area contributed by atoms with Gasteiger partial charge < -0.3 is 9.64 Å². The summed E-state index contributed by atoms with van der Waals surface area (Å²) in [6, 6.07) is 6.96. The lowest BCUT2D eigenvalue weighted by Gasteiger charge is -2.26. The smallest absolute Gasteiger partial charge is 0.261 e. The van der Waals surface area contributed by atoms with E-state index < -0.39 is 5.91 Å². The molecule has 10 nitrogen and oxygen atoms in total. The lowest BCUT2D eigenvalue weighted by molar-refractivity contribution is -0.132. The number of amides is 2. The highest BCUT2D eigenvalue weighted by atomic mass is 32.2. The lowest BCUT2D eigenvalue weighted by atomic mass is 10.2. The largest absolute Gasteiger partial charge is 0.378 e. The van der Waals surface area contributed by atoms with Crippen LogP contribution in [0.5, 0.6) is 0 Å². The van der Waals surface area contributed by atoms with Gasteiger partial charge >= 0.3 is 0 Å². The van der Waals surface area contributed by atoms with Crippen molar-refractivity contribution in [2.45, 2.75) is 10.9 Å². The molecule has 0 radical (unpaired) electrons. The normalized spacial score (nSPS) is 14.1. The molecule has 1 N–H and O–H groups in total. The van der Waals surface area contributed by atoms with E-state index in [-0.39, 0.29) is 23.8 Å².